The lowest BCUT2D eigenvalue weighted by atomic mass is 9.77. The van der Waals surface area contributed by atoms with Crippen LogP contribution in [0.4, 0.5) is 10.5 Å². The Morgan fingerprint density at radius 1 is 1.11 bits per heavy atom. The Morgan fingerprint density at radius 3 is 2.43 bits per heavy atom. The SMILES string of the molecule is CC1CCC(C(=O)N(c2cc(C3=CCCCC3)sc2O)C2CCC3(CC2)CN(C)C(=O)N3C)CC1. The molecule has 1 saturated heterocycles. The monoisotopic (exact) mass is 499 g/mol. The van der Waals surface area contributed by atoms with Crippen LogP contribution in [0, 0.1) is 11.8 Å². The van der Waals surface area contributed by atoms with E-state index in [1.165, 1.54) is 29.8 Å². The molecule has 2 heterocycles. The van der Waals surface area contributed by atoms with Crippen LogP contribution in [-0.4, -0.2) is 59.1 Å². The fraction of sp³-hybridized carbons (Fsp3) is 0.714. The molecule has 0 unspecified atom stereocenters. The van der Waals surface area contributed by atoms with Crippen LogP contribution < -0.4 is 4.90 Å². The number of anilines is 1. The molecule has 6 nitrogen and oxygen atoms in total. The minimum atomic E-state index is -0.133. The van der Waals surface area contributed by atoms with Crippen LogP contribution in [0.25, 0.3) is 5.57 Å². The summed E-state index contributed by atoms with van der Waals surface area (Å²) in [7, 11) is 3.80. The number of hydrogen-bond donors (Lipinski definition) is 1. The summed E-state index contributed by atoms with van der Waals surface area (Å²) in [4.78, 5) is 33.4. The van der Waals surface area contributed by atoms with Crippen molar-refractivity contribution >= 4 is 34.5 Å². The van der Waals surface area contributed by atoms with E-state index in [0.717, 1.165) is 75.6 Å². The van der Waals surface area contributed by atoms with Crippen molar-refractivity contribution in [1.82, 2.24) is 9.80 Å². The second-order valence-electron chi connectivity index (χ2n) is 11.6. The number of allylic oxidation sites excluding steroid dienone is 2. The van der Waals surface area contributed by atoms with E-state index in [-0.39, 0.29) is 34.5 Å². The van der Waals surface area contributed by atoms with Crippen molar-refractivity contribution in [2.75, 3.05) is 25.5 Å². The number of carbonyl (C=O) groups is 2. The summed E-state index contributed by atoms with van der Waals surface area (Å²) in [5, 5.41) is 11.4. The Morgan fingerprint density at radius 2 is 1.83 bits per heavy atom. The molecule has 2 saturated carbocycles. The fourth-order valence-corrected chi connectivity index (χ4v) is 7.89. The van der Waals surface area contributed by atoms with E-state index >= 15 is 0 Å². The number of thiophene rings is 1. The van der Waals surface area contributed by atoms with Gasteiger partial charge in [0.1, 0.15) is 0 Å². The molecule has 7 heteroatoms. The molecule has 1 spiro atoms. The van der Waals surface area contributed by atoms with Gasteiger partial charge in [0.25, 0.3) is 0 Å². The Labute approximate surface area is 214 Å². The van der Waals surface area contributed by atoms with Gasteiger partial charge in [-0.15, -0.1) is 0 Å². The molecule has 192 valence electrons. The first-order valence-electron chi connectivity index (χ1n) is 13.6. The summed E-state index contributed by atoms with van der Waals surface area (Å²) in [5.74, 6) is 0.928. The molecule has 0 radical (unpaired) electrons. The average molecular weight is 500 g/mol. The van der Waals surface area contributed by atoms with Gasteiger partial charge in [0.05, 0.1) is 11.2 Å². The van der Waals surface area contributed by atoms with Gasteiger partial charge in [0, 0.05) is 37.5 Å². The molecule has 4 aliphatic rings. The lowest BCUT2D eigenvalue weighted by Gasteiger charge is -2.44. The van der Waals surface area contributed by atoms with E-state index in [1.807, 2.05) is 28.8 Å². The summed E-state index contributed by atoms with van der Waals surface area (Å²) >= 11 is 1.43. The minimum Gasteiger partial charge on any atom is -0.498 e. The average Bonchev–Trinajstić information content (AvgIpc) is 3.34. The van der Waals surface area contributed by atoms with E-state index in [4.69, 9.17) is 0 Å². The summed E-state index contributed by atoms with van der Waals surface area (Å²) < 4.78 is 0. The molecule has 0 atom stereocenters. The highest BCUT2D eigenvalue weighted by Crippen LogP contribution is 2.47. The number of urea groups is 1. The van der Waals surface area contributed by atoms with Gasteiger partial charge in [-0.2, -0.15) is 0 Å². The van der Waals surface area contributed by atoms with E-state index in [0.29, 0.717) is 11.6 Å². The zero-order valence-electron chi connectivity index (χ0n) is 21.6. The summed E-state index contributed by atoms with van der Waals surface area (Å²) in [5.41, 5.74) is 1.90. The van der Waals surface area contributed by atoms with Gasteiger partial charge >= 0.3 is 6.03 Å². The number of hydrogen-bond acceptors (Lipinski definition) is 4. The maximum absolute atomic E-state index is 14.1. The number of rotatable bonds is 4. The zero-order valence-corrected chi connectivity index (χ0v) is 22.4. The Hall–Kier alpha value is -2.02. The first kappa shape index (κ1) is 24.7. The van der Waals surface area contributed by atoms with Gasteiger partial charge < -0.3 is 19.8 Å². The standard InChI is InChI=1S/C28H41N3O3S/c1-19-9-11-21(12-10-19)25(32)31(23-17-24(35-26(23)33)20-7-5-4-6-8-20)22-13-15-28(16-14-22)18-29(2)27(34)30(28)3/h7,17,19,21-22,33H,4-6,8-16,18H2,1-3H3. The van der Waals surface area contributed by atoms with Crippen molar-refractivity contribution in [3.8, 4) is 5.06 Å². The number of aromatic hydroxyl groups is 1. The highest BCUT2D eigenvalue weighted by Gasteiger charge is 2.49. The Balaban J connectivity index is 1.42. The van der Waals surface area contributed by atoms with E-state index in [9.17, 15) is 14.7 Å². The van der Waals surface area contributed by atoms with Crippen LogP contribution in [0.1, 0.15) is 88.9 Å². The van der Waals surface area contributed by atoms with Gasteiger partial charge in [-0.1, -0.05) is 24.3 Å². The molecule has 3 fully saturated rings. The van der Waals surface area contributed by atoms with Crippen LogP contribution in [0.15, 0.2) is 12.1 Å². The lowest BCUT2D eigenvalue weighted by molar-refractivity contribution is -0.124. The molecule has 1 aromatic heterocycles. The molecule has 1 aromatic rings. The fourth-order valence-electron chi connectivity index (χ4n) is 6.93. The number of likely N-dealkylation sites (N-methyl/N-ethyl adjacent to an activating group) is 2. The first-order chi connectivity index (χ1) is 16.8. The predicted molar refractivity (Wildman–Crippen MR) is 142 cm³/mol. The smallest absolute Gasteiger partial charge is 0.320 e. The molecule has 0 aromatic carbocycles. The highest BCUT2D eigenvalue weighted by atomic mass is 32.1. The maximum Gasteiger partial charge on any atom is 0.320 e. The van der Waals surface area contributed by atoms with Crippen LogP contribution in [0.2, 0.25) is 0 Å². The molecular weight excluding hydrogens is 458 g/mol. The number of carbonyl (C=O) groups excluding carboxylic acids is 2. The lowest BCUT2D eigenvalue weighted by Crippen LogP contribution is -2.53. The van der Waals surface area contributed by atoms with Gasteiger partial charge in [0.2, 0.25) is 5.91 Å². The van der Waals surface area contributed by atoms with Crippen molar-refractivity contribution in [2.24, 2.45) is 11.8 Å². The Kier molecular flexibility index (Phi) is 6.90. The predicted octanol–water partition coefficient (Wildman–Crippen LogP) is 6.25. The van der Waals surface area contributed by atoms with Gasteiger partial charge in [-0.3, -0.25) is 4.79 Å². The molecule has 3 aliphatic carbocycles. The Bertz CT molecular complexity index is 986. The third kappa shape index (κ3) is 4.61. The molecular formula is C28H41N3O3S. The number of amides is 3. The van der Waals surface area contributed by atoms with Gasteiger partial charge in [-0.05, 0) is 94.6 Å². The molecule has 35 heavy (non-hydrogen) atoms. The molecule has 1 N–H and O–H groups in total. The minimum absolute atomic E-state index is 0.0422. The largest absolute Gasteiger partial charge is 0.498 e. The quantitative estimate of drug-likeness (QED) is 0.533. The van der Waals surface area contributed by atoms with Crippen LogP contribution in [0.5, 0.6) is 5.06 Å². The van der Waals surface area contributed by atoms with Crippen LogP contribution >= 0.6 is 11.3 Å². The number of nitrogens with zero attached hydrogens (tertiary/aromatic N) is 3. The topological polar surface area (TPSA) is 64.1 Å². The van der Waals surface area contributed by atoms with Gasteiger partial charge in [0.15, 0.2) is 5.06 Å². The molecule has 5 rings (SSSR count). The van der Waals surface area contributed by atoms with Crippen molar-refractivity contribution < 1.29 is 14.7 Å². The van der Waals surface area contributed by atoms with E-state index in [2.05, 4.69) is 19.1 Å². The van der Waals surface area contributed by atoms with Crippen molar-refractivity contribution in [2.45, 2.75) is 95.6 Å². The van der Waals surface area contributed by atoms with Crippen molar-refractivity contribution in [3.05, 3.63) is 17.0 Å². The van der Waals surface area contributed by atoms with Gasteiger partial charge in [-0.25, -0.2) is 4.79 Å². The first-order valence-corrected chi connectivity index (χ1v) is 14.4. The second kappa shape index (κ2) is 9.79. The summed E-state index contributed by atoms with van der Waals surface area (Å²) in [6.07, 6.45) is 14.4. The highest BCUT2D eigenvalue weighted by molar-refractivity contribution is 7.15. The second-order valence-corrected chi connectivity index (χ2v) is 12.6. The normalized spacial score (nSPS) is 31.7. The zero-order chi connectivity index (χ0) is 24.7. The summed E-state index contributed by atoms with van der Waals surface area (Å²) in [6, 6.07) is 2.24. The third-order valence-electron chi connectivity index (χ3n) is 9.27. The van der Waals surface area contributed by atoms with E-state index in [1.54, 1.807) is 0 Å². The maximum atomic E-state index is 14.1. The van der Waals surface area contributed by atoms with Crippen LogP contribution in [0.3, 0.4) is 0 Å². The summed E-state index contributed by atoms with van der Waals surface area (Å²) in [6.45, 7) is 3.04. The van der Waals surface area contributed by atoms with Crippen molar-refractivity contribution in [3.63, 3.8) is 0 Å². The van der Waals surface area contributed by atoms with E-state index < -0.39 is 0 Å². The third-order valence-corrected chi connectivity index (χ3v) is 10.3. The molecule has 1 aliphatic heterocycles. The van der Waals surface area contributed by atoms with Crippen molar-refractivity contribution in [1.29, 1.82) is 0 Å². The van der Waals surface area contributed by atoms with Crippen LogP contribution in [-0.2, 0) is 4.79 Å². The molecule has 0 bridgehead atoms. The molecule has 3 amide bonds.